The Morgan fingerprint density at radius 3 is 2.63 bits per heavy atom. The van der Waals surface area contributed by atoms with Crippen LogP contribution >= 0.6 is 0 Å². The molecule has 0 saturated heterocycles. The van der Waals surface area contributed by atoms with Crippen molar-refractivity contribution in [3.63, 3.8) is 0 Å². The predicted octanol–water partition coefficient (Wildman–Crippen LogP) is 1.80. The number of aromatic nitrogens is 4. The molecular weight excluding hydrogens is 244 g/mol. The molecule has 0 aliphatic heterocycles. The van der Waals surface area contributed by atoms with E-state index in [1.54, 1.807) is 0 Å². The fraction of sp³-hybridized carbons (Fsp3) is 0.0769. The first kappa shape index (κ1) is 11.3. The van der Waals surface area contributed by atoms with Gasteiger partial charge >= 0.3 is 5.97 Å². The third kappa shape index (κ3) is 1.93. The van der Waals surface area contributed by atoms with E-state index in [0.29, 0.717) is 0 Å². The zero-order valence-corrected chi connectivity index (χ0v) is 10.1. The minimum Gasteiger partial charge on any atom is -0.475 e. The van der Waals surface area contributed by atoms with Crippen LogP contribution in [0.3, 0.4) is 0 Å². The summed E-state index contributed by atoms with van der Waals surface area (Å²) in [4.78, 5) is 19.0. The van der Waals surface area contributed by atoms with Gasteiger partial charge < -0.3 is 5.11 Å². The highest BCUT2D eigenvalue weighted by Gasteiger charge is 2.15. The third-order valence-corrected chi connectivity index (χ3v) is 2.70. The van der Waals surface area contributed by atoms with Crippen molar-refractivity contribution < 1.29 is 9.90 Å². The van der Waals surface area contributed by atoms with Gasteiger partial charge in [-0.3, -0.25) is 0 Å². The zero-order chi connectivity index (χ0) is 13.4. The van der Waals surface area contributed by atoms with Gasteiger partial charge in [-0.1, -0.05) is 30.3 Å². The van der Waals surface area contributed by atoms with E-state index in [2.05, 4.69) is 15.1 Å². The zero-order valence-electron chi connectivity index (χ0n) is 10.1. The normalized spacial score (nSPS) is 10.8. The predicted molar refractivity (Wildman–Crippen MR) is 67.9 cm³/mol. The summed E-state index contributed by atoms with van der Waals surface area (Å²) in [5.41, 5.74) is 2.46. The van der Waals surface area contributed by atoms with Gasteiger partial charge in [0.2, 0.25) is 0 Å². The molecule has 1 aromatic carbocycles. The molecule has 2 aromatic heterocycles. The van der Waals surface area contributed by atoms with Crippen LogP contribution in [0, 0.1) is 6.92 Å². The Labute approximate surface area is 108 Å². The van der Waals surface area contributed by atoms with E-state index in [1.807, 2.05) is 43.3 Å². The first-order valence-corrected chi connectivity index (χ1v) is 5.68. The summed E-state index contributed by atoms with van der Waals surface area (Å²) in [7, 11) is 0. The van der Waals surface area contributed by atoms with Gasteiger partial charge in [-0.2, -0.15) is 9.50 Å². The topological polar surface area (TPSA) is 80.4 Å². The number of benzene rings is 1. The third-order valence-electron chi connectivity index (χ3n) is 2.70. The second-order valence-electron chi connectivity index (χ2n) is 4.10. The standard InChI is InChI=1S/C13H10N4O2/c1-8-7-10(9-5-3-2-4-6-9)17-13(14-8)15-11(16-17)12(18)19/h2-7H,1H3,(H,18,19). The summed E-state index contributed by atoms with van der Waals surface area (Å²) >= 11 is 0. The molecule has 0 aliphatic carbocycles. The van der Waals surface area contributed by atoms with Crippen molar-refractivity contribution in [3.8, 4) is 11.3 Å². The molecule has 6 heteroatoms. The average molecular weight is 254 g/mol. The van der Waals surface area contributed by atoms with Crippen LogP contribution in [-0.2, 0) is 0 Å². The molecule has 19 heavy (non-hydrogen) atoms. The van der Waals surface area contributed by atoms with Crippen LogP contribution in [0.15, 0.2) is 36.4 Å². The van der Waals surface area contributed by atoms with E-state index in [-0.39, 0.29) is 11.6 Å². The number of fused-ring (bicyclic) bond motifs is 1. The lowest BCUT2D eigenvalue weighted by Crippen LogP contribution is -2.01. The van der Waals surface area contributed by atoms with E-state index in [4.69, 9.17) is 5.11 Å². The molecule has 3 rings (SSSR count). The summed E-state index contributed by atoms with van der Waals surface area (Å²) in [5.74, 6) is -1.13. The maximum atomic E-state index is 10.9. The molecule has 0 fully saturated rings. The highest BCUT2D eigenvalue weighted by Crippen LogP contribution is 2.20. The summed E-state index contributed by atoms with van der Waals surface area (Å²) < 4.78 is 1.45. The van der Waals surface area contributed by atoms with Crippen molar-refractivity contribution in [1.82, 2.24) is 19.6 Å². The molecule has 0 aliphatic rings. The van der Waals surface area contributed by atoms with E-state index in [0.717, 1.165) is 17.0 Å². The number of aromatic carboxylic acids is 1. The van der Waals surface area contributed by atoms with Gasteiger partial charge in [0.25, 0.3) is 11.6 Å². The number of carboxylic acid groups (broad SMARTS) is 1. The summed E-state index contributed by atoms with van der Waals surface area (Å²) in [5, 5.41) is 12.9. The fourth-order valence-electron chi connectivity index (χ4n) is 1.89. The van der Waals surface area contributed by atoms with Crippen LogP contribution in [-0.4, -0.2) is 30.7 Å². The Balaban J connectivity index is 2.32. The number of hydrogen-bond donors (Lipinski definition) is 1. The SMILES string of the molecule is Cc1cc(-c2ccccc2)n2nc(C(=O)O)nc2n1. The van der Waals surface area contributed by atoms with Crippen molar-refractivity contribution in [3.05, 3.63) is 47.9 Å². The maximum absolute atomic E-state index is 10.9. The Bertz CT molecular complexity index is 765. The fourth-order valence-corrected chi connectivity index (χ4v) is 1.89. The van der Waals surface area contributed by atoms with Gasteiger partial charge in [-0.15, -0.1) is 5.10 Å². The molecule has 94 valence electrons. The Morgan fingerprint density at radius 2 is 1.95 bits per heavy atom. The van der Waals surface area contributed by atoms with Gasteiger partial charge in [-0.05, 0) is 13.0 Å². The second-order valence-corrected chi connectivity index (χ2v) is 4.10. The van der Waals surface area contributed by atoms with Crippen LogP contribution in [0.1, 0.15) is 16.3 Å². The van der Waals surface area contributed by atoms with Crippen LogP contribution < -0.4 is 0 Å². The summed E-state index contributed by atoms with van der Waals surface area (Å²) in [6.45, 7) is 1.83. The second kappa shape index (κ2) is 4.16. The quantitative estimate of drug-likeness (QED) is 0.754. The molecule has 6 nitrogen and oxygen atoms in total. The van der Waals surface area contributed by atoms with Gasteiger partial charge in [0.15, 0.2) is 0 Å². The monoisotopic (exact) mass is 254 g/mol. The lowest BCUT2D eigenvalue weighted by molar-refractivity contribution is 0.0684. The number of carbonyl (C=O) groups is 1. The first-order chi connectivity index (χ1) is 9.15. The molecule has 0 saturated carbocycles. The Morgan fingerprint density at radius 1 is 1.21 bits per heavy atom. The average Bonchev–Trinajstić information content (AvgIpc) is 2.82. The molecule has 3 aromatic rings. The summed E-state index contributed by atoms with van der Waals surface area (Å²) in [6.07, 6.45) is 0. The molecule has 0 atom stereocenters. The molecule has 0 amide bonds. The highest BCUT2D eigenvalue weighted by atomic mass is 16.4. The van der Waals surface area contributed by atoms with Crippen molar-refractivity contribution >= 4 is 11.7 Å². The Kier molecular flexibility index (Phi) is 2.49. The van der Waals surface area contributed by atoms with E-state index >= 15 is 0 Å². The highest BCUT2D eigenvalue weighted by molar-refractivity contribution is 5.83. The van der Waals surface area contributed by atoms with E-state index in [1.165, 1.54) is 4.52 Å². The van der Waals surface area contributed by atoms with Crippen molar-refractivity contribution in [1.29, 1.82) is 0 Å². The number of rotatable bonds is 2. The number of carboxylic acids is 1. The lowest BCUT2D eigenvalue weighted by atomic mass is 10.1. The van der Waals surface area contributed by atoms with Crippen LogP contribution in [0.25, 0.3) is 17.0 Å². The van der Waals surface area contributed by atoms with Gasteiger partial charge in [-0.25, -0.2) is 9.78 Å². The van der Waals surface area contributed by atoms with Gasteiger partial charge in [0.1, 0.15) is 0 Å². The van der Waals surface area contributed by atoms with Crippen molar-refractivity contribution in [2.75, 3.05) is 0 Å². The lowest BCUT2D eigenvalue weighted by Gasteiger charge is -2.04. The minimum absolute atomic E-state index is 0.254. The summed E-state index contributed by atoms with van der Waals surface area (Å²) in [6, 6.07) is 11.4. The van der Waals surface area contributed by atoms with Crippen LogP contribution in [0.5, 0.6) is 0 Å². The molecule has 2 heterocycles. The Hall–Kier alpha value is -2.76. The number of hydrogen-bond acceptors (Lipinski definition) is 4. The van der Waals surface area contributed by atoms with Gasteiger partial charge in [0.05, 0.1) is 5.69 Å². The number of aryl methyl sites for hydroxylation is 1. The molecule has 0 unspecified atom stereocenters. The minimum atomic E-state index is -1.16. The van der Waals surface area contributed by atoms with Crippen LogP contribution in [0.2, 0.25) is 0 Å². The maximum Gasteiger partial charge on any atom is 0.375 e. The first-order valence-electron chi connectivity index (χ1n) is 5.68. The van der Waals surface area contributed by atoms with Crippen molar-refractivity contribution in [2.24, 2.45) is 0 Å². The molecule has 0 radical (unpaired) electrons. The smallest absolute Gasteiger partial charge is 0.375 e. The molecular formula is C13H10N4O2. The van der Waals surface area contributed by atoms with E-state index < -0.39 is 5.97 Å². The van der Waals surface area contributed by atoms with E-state index in [9.17, 15) is 4.79 Å². The van der Waals surface area contributed by atoms with Gasteiger partial charge in [0, 0.05) is 11.3 Å². The van der Waals surface area contributed by atoms with Crippen LogP contribution in [0.4, 0.5) is 0 Å². The molecule has 0 bridgehead atoms. The largest absolute Gasteiger partial charge is 0.475 e. The number of nitrogens with zero attached hydrogens (tertiary/aromatic N) is 4. The molecule has 0 spiro atoms. The van der Waals surface area contributed by atoms with Crippen molar-refractivity contribution in [2.45, 2.75) is 6.92 Å². The molecule has 1 N–H and O–H groups in total.